The van der Waals surface area contributed by atoms with Crippen LogP contribution in [0.1, 0.15) is 24.0 Å². The van der Waals surface area contributed by atoms with Gasteiger partial charge in [-0.3, -0.25) is 15.0 Å². The molecule has 1 fully saturated rings. The minimum absolute atomic E-state index is 0.144. The van der Waals surface area contributed by atoms with Crippen molar-refractivity contribution in [2.75, 3.05) is 44.2 Å². The third-order valence-corrected chi connectivity index (χ3v) is 6.04. The number of nitrogens with zero attached hydrogens (tertiary/aromatic N) is 3. The number of piperazine rings is 1. The predicted molar refractivity (Wildman–Crippen MR) is 116 cm³/mol. The van der Waals surface area contributed by atoms with Gasteiger partial charge in [0, 0.05) is 38.8 Å². The molecule has 0 saturated carbocycles. The van der Waals surface area contributed by atoms with Crippen LogP contribution in [0.25, 0.3) is 0 Å². The number of rotatable bonds is 7. The number of nitro groups is 1. The fourth-order valence-electron chi connectivity index (χ4n) is 4.48. The van der Waals surface area contributed by atoms with Gasteiger partial charge in [0.1, 0.15) is 24.1 Å². The molecule has 1 atom stereocenters. The SMILES string of the molecule is O=[N+]([O-])c1ccccc1N1CCN(CC(O)COc2cccc3c2CCCC3)CC1. The minimum Gasteiger partial charge on any atom is -0.491 e. The van der Waals surface area contributed by atoms with Crippen LogP contribution in [0.2, 0.25) is 0 Å². The van der Waals surface area contributed by atoms with E-state index in [1.165, 1.54) is 24.0 Å². The van der Waals surface area contributed by atoms with Crippen LogP contribution in [-0.4, -0.2) is 60.4 Å². The van der Waals surface area contributed by atoms with Crippen molar-refractivity contribution in [1.82, 2.24) is 4.90 Å². The van der Waals surface area contributed by atoms with Gasteiger partial charge in [-0.1, -0.05) is 24.3 Å². The molecule has 1 saturated heterocycles. The van der Waals surface area contributed by atoms with E-state index in [4.69, 9.17) is 4.74 Å². The third-order valence-electron chi connectivity index (χ3n) is 6.04. The molecule has 1 N–H and O–H groups in total. The Morgan fingerprint density at radius 1 is 1.03 bits per heavy atom. The topological polar surface area (TPSA) is 79.1 Å². The van der Waals surface area contributed by atoms with Crippen molar-refractivity contribution in [1.29, 1.82) is 0 Å². The van der Waals surface area contributed by atoms with Crippen molar-refractivity contribution in [2.24, 2.45) is 0 Å². The second kappa shape index (κ2) is 9.45. The van der Waals surface area contributed by atoms with Crippen LogP contribution in [0.5, 0.6) is 5.75 Å². The monoisotopic (exact) mass is 411 g/mol. The zero-order valence-electron chi connectivity index (χ0n) is 17.2. The number of nitro benzene ring substituents is 1. The molecule has 1 aliphatic carbocycles. The Morgan fingerprint density at radius 3 is 2.60 bits per heavy atom. The largest absolute Gasteiger partial charge is 0.491 e. The van der Waals surface area contributed by atoms with Gasteiger partial charge in [0.25, 0.3) is 5.69 Å². The molecule has 0 radical (unpaired) electrons. The summed E-state index contributed by atoms with van der Waals surface area (Å²) in [5, 5.41) is 21.8. The van der Waals surface area contributed by atoms with Gasteiger partial charge in [0.05, 0.1) is 4.92 Å². The summed E-state index contributed by atoms with van der Waals surface area (Å²) < 4.78 is 5.98. The lowest BCUT2D eigenvalue weighted by atomic mass is 9.91. The first-order valence-corrected chi connectivity index (χ1v) is 10.7. The lowest BCUT2D eigenvalue weighted by Gasteiger charge is -2.36. The van der Waals surface area contributed by atoms with E-state index < -0.39 is 6.10 Å². The van der Waals surface area contributed by atoms with Gasteiger partial charge in [-0.05, 0) is 48.9 Å². The quantitative estimate of drug-likeness (QED) is 0.557. The van der Waals surface area contributed by atoms with Crippen molar-refractivity contribution in [3.63, 3.8) is 0 Å². The molecule has 0 aromatic heterocycles. The summed E-state index contributed by atoms with van der Waals surface area (Å²) >= 11 is 0. The number of anilines is 1. The fourth-order valence-corrected chi connectivity index (χ4v) is 4.48. The molecule has 1 aliphatic heterocycles. The van der Waals surface area contributed by atoms with Crippen LogP contribution in [0.3, 0.4) is 0 Å². The maximum atomic E-state index is 11.3. The Labute approximate surface area is 177 Å². The standard InChI is InChI=1S/C23H29N3O4/c27-19(17-30-23-11-5-7-18-6-1-2-8-20(18)23)16-24-12-14-25(15-13-24)21-9-3-4-10-22(21)26(28)29/h3-5,7,9-11,19,27H,1-2,6,8,12-17H2. The fraction of sp³-hybridized carbons (Fsp3) is 0.478. The van der Waals surface area contributed by atoms with E-state index in [9.17, 15) is 15.2 Å². The van der Waals surface area contributed by atoms with Crippen molar-refractivity contribution >= 4 is 11.4 Å². The van der Waals surface area contributed by atoms with Crippen LogP contribution < -0.4 is 9.64 Å². The summed E-state index contributed by atoms with van der Waals surface area (Å²) in [6.07, 6.45) is 4.02. The van der Waals surface area contributed by atoms with Crippen molar-refractivity contribution in [3.05, 3.63) is 63.7 Å². The first kappa shape index (κ1) is 20.6. The first-order chi connectivity index (χ1) is 14.6. The molecule has 1 unspecified atom stereocenters. The molecule has 0 bridgehead atoms. The van der Waals surface area contributed by atoms with Gasteiger partial charge >= 0.3 is 0 Å². The van der Waals surface area contributed by atoms with Crippen LogP contribution >= 0.6 is 0 Å². The van der Waals surface area contributed by atoms with Gasteiger partial charge in [-0.2, -0.15) is 0 Å². The Balaban J connectivity index is 1.27. The zero-order chi connectivity index (χ0) is 20.9. The second-order valence-electron chi connectivity index (χ2n) is 8.10. The summed E-state index contributed by atoms with van der Waals surface area (Å²) in [5.41, 5.74) is 3.49. The highest BCUT2D eigenvalue weighted by molar-refractivity contribution is 5.63. The molecule has 30 heavy (non-hydrogen) atoms. The van der Waals surface area contributed by atoms with E-state index >= 15 is 0 Å². The number of aliphatic hydroxyl groups excluding tert-OH is 1. The van der Waals surface area contributed by atoms with E-state index in [1.807, 2.05) is 23.1 Å². The van der Waals surface area contributed by atoms with Crippen molar-refractivity contribution < 1.29 is 14.8 Å². The number of hydrogen-bond acceptors (Lipinski definition) is 6. The number of benzene rings is 2. The Kier molecular flexibility index (Phi) is 6.50. The normalized spacial score (nSPS) is 18.0. The van der Waals surface area contributed by atoms with Crippen LogP contribution in [0.15, 0.2) is 42.5 Å². The number of ether oxygens (including phenoxy) is 1. The van der Waals surface area contributed by atoms with E-state index in [0.717, 1.165) is 31.7 Å². The summed E-state index contributed by atoms with van der Waals surface area (Å²) in [6, 6.07) is 13.1. The average Bonchev–Trinajstić information content (AvgIpc) is 2.78. The summed E-state index contributed by atoms with van der Waals surface area (Å²) in [6.45, 7) is 3.73. The Morgan fingerprint density at radius 2 is 1.80 bits per heavy atom. The number of hydrogen-bond donors (Lipinski definition) is 1. The summed E-state index contributed by atoms with van der Waals surface area (Å²) in [4.78, 5) is 15.2. The van der Waals surface area contributed by atoms with Crippen molar-refractivity contribution in [2.45, 2.75) is 31.8 Å². The summed E-state index contributed by atoms with van der Waals surface area (Å²) in [5.74, 6) is 0.910. The molecular weight excluding hydrogens is 382 g/mol. The smallest absolute Gasteiger partial charge is 0.292 e. The van der Waals surface area contributed by atoms with Crippen LogP contribution in [0, 0.1) is 10.1 Å². The zero-order valence-corrected chi connectivity index (χ0v) is 17.2. The minimum atomic E-state index is -0.568. The molecule has 2 aliphatic rings. The molecule has 1 heterocycles. The number of para-hydroxylation sites is 2. The molecular formula is C23H29N3O4. The number of aryl methyl sites for hydroxylation is 1. The maximum Gasteiger partial charge on any atom is 0.292 e. The van der Waals surface area contributed by atoms with Gasteiger partial charge in [-0.15, -0.1) is 0 Å². The van der Waals surface area contributed by atoms with Gasteiger partial charge in [-0.25, -0.2) is 0 Å². The average molecular weight is 412 g/mol. The maximum absolute atomic E-state index is 11.3. The van der Waals surface area contributed by atoms with Crippen molar-refractivity contribution in [3.8, 4) is 5.75 Å². The third kappa shape index (κ3) is 4.74. The van der Waals surface area contributed by atoms with E-state index in [0.29, 0.717) is 25.3 Å². The highest BCUT2D eigenvalue weighted by Gasteiger charge is 2.24. The van der Waals surface area contributed by atoms with Crippen LogP contribution in [0.4, 0.5) is 11.4 Å². The number of fused-ring (bicyclic) bond motifs is 1. The predicted octanol–water partition coefficient (Wildman–Crippen LogP) is 3.04. The molecule has 2 aromatic carbocycles. The summed E-state index contributed by atoms with van der Waals surface area (Å²) in [7, 11) is 0. The first-order valence-electron chi connectivity index (χ1n) is 10.7. The Bertz CT molecular complexity index is 881. The van der Waals surface area contributed by atoms with Gasteiger partial charge in [0.2, 0.25) is 0 Å². The molecule has 7 nitrogen and oxygen atoms in total. The van der Waals surface area contributed by atoms with E-state index in [1.54, 1.807) is 18.2 Å². The molecule has 7 heteroatoms. The lowest BCUT2D eigenvalue weighted by molar-refractivity contribution is -0.384. The molecule has 0 spiro atoms. The number of β-amino-alcohol motifs (C(OH)–C–C–N with tert-alkyl or cyclic N) is 1. The lowest BCUT2D eigenvalue weighted by Crippen LogP contribution is -2.49. The molecule has 2 aromatic rings. The highest BCUT2D eigenvalue weighted by Crippen LogP contribution is 2.30. The second-order valence-corrected chi connectivity index (χ2v) is 8.10. The highest BCUT2D eigenvalue weighted by atomic mass is 16.6. The Hall–Kier alpha value is -2.64. The van der Waals surface area contributed by atoms with Gasteiger partial charge in [0.15, 0.2) is 0 Å². The molecule has 0 amide bonds. The van der Waals surface area contributed by atoms with Gasteiger partial charge < -0.3 is 14.7 Å². The van der Waals surface area contributed by atoms with E-state index in [-0.39, 0.29) is 17.2 Å². The number of aliphatic hydroxyl groups is 1. The van der Waals surface area contributed by atoms with E-state index in [2.05, 4.69) is 11.0 Å². The van der Waals surface area contributed by atoms with Crippen LogP contribution in [-0.2, 0) is 12.8 Å². The molecule has 160 valence electrons. The molecule has 4 rings (SSSR count).